The quantitative estimate of drug-likeness (QED) is 0.233. The summed E-state index contributed by atoms with van der Waals surface area (Å²) >= 11 is 7.42. The molecule has 212 valence electrons. The number of hydrogen-bond acceptors (Lipinski definition) is 9. The van der Waals surface area contributed by atoms with Gasteiger partial charge >= 0.3 is 5.97 Å². The smallest absolute Gasteiger partial charge is 0.337 e. The normalized spacial score (nSPS) is 17.7. The lowest BCUT2D eigenvalue weighted by molar-refractivity contribution is -0.0592. The number of pyridine rings is 1. The second kappa shape index (κ2) is 12.2. The van der Waals surface area contributed by atoms with E-state index in [2.05, 4.69) is 21.6 Å². The maximum Gasteiger partial charge on any atom is 0.337 e. The third-order valence-corrected chi connectivity index (χ3v) is 9.17. The second-order valence-corrected chi connectivity index (χ2v) is 11.9. The van der Waals surface area contributed by atoms with Gasteiger partial charge in [0.25, 0.3) is 0 Å². The summed E-state index contributed by atoms with van der Waals surface area (Å²) in [5.41, 5.74) is 3.36. The number of hydrogen-bond donors (Lipinski definition) is 0. The number of halogens is 1. The fourth-order valence-electron chi connectivity index (χ4n) is 5.41. The van der Waals surface area contributed by atoms with Gasteiger partial charge in [-0.2, -0.15) is 5.26 Å². The molecule has 0 radical (unpaired) electrons. The highest BCUT2D eigenvalue weighted by Gasteiger charge is 2.26. The minimum absolute atomic E-state index is 0.171. The number of benzene rings is 1. The van der Waals surface area contributed by atoms with Crippen LogP contribution in [0.5, 0.6) is 5.88 Å². The summed E-state index contributed by atoms with van der Waals surface area (Å²) in [6.45, 7) is 4.43. The Hall–Kier alpha value is -3.49. The number of aromatic nitrogens is 3. The molecule has 0 bridgehead atoms. The summed E-state index contributed by atoms with van der Waals surface area (Å²) in [4.78, 5) is 25.7. The van der Waals surface area contributed by atoms with E-state index in [0.29, 0.717) is 33.9 Å². The van der Waals surface area contributed by atoms with Crippen LogP contribution in [0.15, 0.2) is 42.5 Å². The van der Waals surface area contributed by atoms with Gasteiger partial charge < -0.3 is 18.8 Å². The van der Waals surface area contributed by atoms with Crippen LogP contribution in [0.1, 0.15) is 56.8 Å². The highest BCUT2D eigenvalue weighted by molar-refractivity contribution is 7.13. The number of imidazole rings is 1. The molecule has 1 atom stereocenters. The number of fused-ring (bicyclic) bond motifs is 1. The first-order valence-electron chi connectivity index (χ1n) is 13.7. The molecule has 3 aromatic heterocycles. The second-order valence-electron chi connectivity index (χ2n) is 10.4. The highest BCUT2D eigenvalue weighted by atomic mass is 35.5. The zero-order valence-corrected chi connectivity index (χ0v) is 24.3. The summed E-state index contributed by atoms with van der Waals surface area (Å²) in [6, 6.07) is 15.3. The fourth-order valence-corrected chi connectivity index (χ4v) is 6.52. The van der Waals surface area contributed by atoms with Crippen molar-refractivity contribution in [2.24, 2.45) is 0 Å². The van der Waals surface area contributed by atoms with Gasteiger partial charge in [0.2, 0.25) is 5.88 Å². The number of thiophene rings is 1. The lowest BCUT2D eigenvalue weighted by Gasteiger charge is -2.32. The van der Waals surface area contributed by atoms with E-state index in [1.54, 1.807) is 12.1 Å². The summed E-state index contributed by atoms with van der Waals surface area (Å²) in [5.74, 6) is 1.56. The number of ether oxygens (including phenoxy) is 3. The lowest BCUT2D eigenvalue weighted by Crippen LogP contribution is -2.35. The van der Waals surface area contributed by atoms with E-state index in [4.69, 9.17) is 41.0 Å². The first-order chi connectivity index (χ1) is 20.0. The van der Waals surface area contributed by atoms with Crippen molar-refractivity contribution in [1.82, 2.24) is 19.4 Å². The van der Waals surface area contributed by atoms with Crippen molar-refractivity contribution >= 4 is 39.9 Å². The molecule has 6 rings (SSSR count). The maximum absolute atomic E-state index is 12.2. The molecule has 0 saturated carbocycles. The van der Waals surface area contributed by atoms with Gasteiger partial charge in [-0.05, 0) is 62.7 Å². The molecule has 5 heterocycles. The first kappa shape index (κ1) is 27.7. The van der Waals surface area contributed by atoms with E-state index in [0.717, 1.165) is 79.5 Å². The van der Waals surface area contributed by atoms with Crippen LogP contribution in [0.3, 0.4) is 0 Å². The average molecular weight is 592 g/mol. The zero-order chi connectivity index (χ0) is 28.3. The summed E-state index contributed by atoms with van der Waals surface area (Å²) in [6.07, 6.45) is 3.17. The zero-order valence-electron chi connectivity index (χ0n) is 22.7. The topological polar surface area (TPSA) is 102 Å². The van der Waals surface area contributed by atoms with E-state index in [1.807, 2.05) is 24.3 Å². The van der Waals surface area contributed by atoms with E-state index in [1.165, 1.54) is 18.4 Å². The van der Waals surface area contributed by atoms with Gasteiger partial charge in [-0.3, -0.25) is 4.90 Å². The number of nitriles is 1. The van der Waals surface area contributed by atoms with Crippen LogP contribution < -0.4 is 4.74 Å². The Morgan fingerprint density at radius 2 is 2.02 bits per heavy atom. The molecule has 0 spiro atoms. The van der Waals surface area contributed by atoms with Crippen LogP contribution in [0.4, 0.5) is 0 Å². The molecule has 2 saturated heterocycles. The third-order valence-electron chi connectivity index (χ3n) is 7.75. The number of esters is 1. The minimum atomic E-state index is -0.352. The molecule has 2 fully saturated rings. The molecule has 0 unspecified atom stereocenters. The van der Waals surface area contributed by atoms with Gasteiger partial charge in [0.05, 0.1) is 47.9 Å². The molecule has 4 aromatic rings. The van der Waals surface area contributed by atoms with Gasteiger partial charge in [-0.15, -0.1) is 11.3 Å². The third kappa shape index (κ3) is 6.09. The van der Waals surface area contributed by atoms with Gasteiger partial charge in [0.15, 0.2) is 0 Å². The maximum atomic E-state index is 12.2. The van der Waals surface area contributed by atoms with Crippen LogP contribution in [0.25, 0.3) is 11.0 Å². The first-order valence-corrected chi connectivity index (χ1v) is 14.9. The molecule has 1 aromatic carbocycles. The number of methoxy groups -OCH3 is 1. The number of carbonyl (C=O) groups excluding carboxylic acids is 1. The van der Waals surface area contributed by atoms with Crippen LogP contribution >= 0.6 is 22.9 Å². The predicted molar refractivity (Wildman–Crippen MR) is 155 cm³/mol. The van der Waals surface area contributed by atoms with Gasteiger partial charge in [-0.25, -0.2) is 14.8 Å². The Morgan fingerprint density at radius 1 is 1.20 bits per heavy atom. The monoisotopic (exact) mass is 591 g/mol. The standard InChI is InChI=1S/C30H30ClN5O4S/c1-38-30(37)20-5-6-25-26(13-20)36(16-21-9-12-39-21)28(33-25)17-35-10-7-19(8-11-35)24-3-2-4-29(34-24)40-18-22-14-23(31)27(15-32)41-22/h2-6,13-14,19,21H,7-12,16-18H2,1H3/t21-/m0/s1. The van der Waals surface area contributed by atoms with E-state index < -0.39 is 0 Å². The Bertz CT molecular complexity index is 1600. The Balaban J connectivity index is 1.11. The largest absolute Gasteiger partial charge is 0.472 e. The lowest BCUT2D eigenvalue weighted by atomic mass is 9.93. The van der Waals surface area contributed by atoms with E-state index >= 15 is 0 Å². The van der Waals surface area contributed by atoms with Crippen molar-refractivity contribution in [2.75, 3.05) is 26.8 Å². The number of likely N-dealkylation sites (tertiary alicyclic amines) is 1. The summed E-state index contributed by atoms with van der Waals surface area (Å²) < 4.78 is 18.8. The molecule has 2 aliphatic heterocycles. The number of piperidine rings is 1. The number of carbonyl (C=O) groups is 1. The SMILES string of the molecule is COC(=O)c1ccc2nc(CN3CCC(c4cccc(OCc5cc(Cl)c(C#N)s5)n4)CC3)n(C[C@@H]3CCO3)c2c1. The molecular weight excluding hydrogens is 562 g/mol. The molecule has 0 amide bonds. The number of rotatable bonds is 9. The summed E-state index contributed by atoms with van der Waals surface area (Å²) in [7, 11) is 1.40. The predicted octanol–water partition coefficient (Wildman–Crippen LogP) is 5.55. The van der Waals surface area contributed by atoms with Crippen LogP contribution in [0.2, 0.25) is 5.02 Å². The van der Waals surface area contributed by atoms with Crippen molar-refractivity contribution in [2.45, 2.75) is 51.0 Å². The van der Waals surface area contributed by atoms with Crippen molar-refractivity contribution in [1.29, 1.82) is 5.26 Å². The minimum Gasteiger partial charge on any atom is -0.472 e. The van der Waals surface area contributed by atoms with Gasteiger partial charge in [0.1, 0.15) is 23.4 Å². The van der Waals surface area contributed by atoms with Crippen LogP contribution in [-0.4, -0.2) is 58.3 Å². The van der Waals surface area contributed by atoms with Crippen molar-refractivity contribution in [3.8, 4) is 11.9 Å². The summed E-state index contributed by atoms with van der Waals surface area (Å²) in [5, 5.41) is 9.58. The van der Waals surface area contributed by atoms with E-state index in [-0.39, 0.29) is 12.1 Å². The molecule has 0 N–H and O–H groups in total. The molecule has 2 aliphatic rings. The molecule has 9 nitrogen and oxygen atoms in total. The van der Waals surface area contributed by atoms with Crippen LogP contribution in [-0.2, 0) is 29.2 Å². The number of nitrogens with zero attached hydrogens (tertiary/aromatic N) is 5. The Kier molecular flexibility index (Phi) is 8.21. The molecular formula is C30H30ClN5O4S. The molecule has 41 heavy (non-hydrogen) atoms. The average Bonchev–Trinajstić information content (AvgIpc) is 3.52. The van der Waals surface area contributed by atoms with Crippen molar-refractivity contribution < 1.29 is 19.0 Å². The van der Waals surface area contributed by atoms with Gasteiger partial charge in [-0.1, -0.05) is 17.7 Å². The highest BCUT2D eigenvalue weighted by Crippen LogP contribution is 2.31. The molecule has 0 aliphatic carbocycles. The Labute approximate surface area is 247 Å². The Morgan fingerprint density at radius 3 is 2.73 bits per heavy atom. The molecule has 11 heteroatoms. The van der Waals surface area contributed by atoms with E-state index in [9.17, 15) is 4.79 Å². The van der Waals surface area contributed by atoms with Crippen molar-refractivity contribution in [3.63, 3.8) is 0 Å². The van der Waals surface area contributed by atoms with Crippen LogP contribution in [0, 0.1) is 11.3 Å². The van der Waals surface area contributed by atoms with Crippen molar-refractivity contribution in [3.05, 3.63) is 74.3 Å². The van der Waals surface area contributed by atoms with Gasteiger partial charge in [0, 0.05) is 29.2 Å². The fraction of sp³-hybridized carbons (Fsp3) is 0.400.